The molecule has 1 rings (SSSR count). The van der Waals surface area contributed by atoms with Crippen molar-refractivity contribution < 1.29 is 0 Å². The lowest BCUT2D eigenvalue weighted by Gasteiger charge is -1.95. The quantitative estimate of drug-likeness (QED) is 0.691. The number of halogens is 1. The monoisotopic (exact) mass is 203 g/mol. The van der Waals surface area contributed by atoms with Gasteiger partial charge < -0.3 is 0 Å². The molecule has 56 valence electrons. The van der Waals surface area contributed by atoms with E-state index in [2.05, 4.69) is 26.0 Å². The van der Waals surface area contributed by atoms with Gasteiger partial charge >= 0.3 is 0 Å². The summed E-state index contributed by atoms with van der Waals surface area (Å²) in [6, 6.07) is 0. The fourth-order valence-electron chi connectivity index (χ4n) is 0.771. The van der Waals surface area contributed by atoms with E-state index in [9.17, 15) is 0 Å². The van der Waals surface area contributed by atoms with Gasteiger partial charge in [0.25, 0.3) is 0 Å². The summed E-state index contributed by atoms with van der Waals surface area (Å²) in [6.07, 6.45) is 3.71. The van der Waals surface area contributed by atoms with E-state index < -0.39 is 0 Å². The lowest BCUT2D eigenvalue weighted by Crippen LogP contribution is -1.99. The largest absolute Gasteiger partial charge is 0.253 e. The molecule has 3 nitrogen and oxygen atoms in total. The van der Waals surface area contributed by atoms with E-state index in [1.54, 1.807) is 6.33 Å². The number of aryl methyl sites for hydroxylation is 2. The smallest absolute Gasteiger partial charge is 0.138 e. The molecular formula is C6H10BrN3. The Kier molecular flexibility index (Phi) is 2.86. The first-order chi connectivity index (χ1) is 4.84. The molecule has 0 radical (unpaired) electrons. The molecule has 0 aliphatic rings. The summed E-state index contributed by atoms with van der Waals surface area (Å²) in [4.78, 5) is 4.08. The summed E-state index contributed by atoms with van der Waals surface area (Å²) in [6.45, 7) is 0. The molecule has 0 aliphatic heterocycles. The SMILES string of the molecule is Cn1ncnc1CCCBr. The average molecular weight is 204 g/mol. The number of alkyl halides is 1. The molecule has 10 heavy (non-hydrogen) atoms. The fraction of sp³-hybridized carbons (Fsp3) is 0.667. The van der Waals surface area contributed by atoms with Crippen LogP contribution in [0.25, 0.3) is 0 Å². The van der Waals surface area contributed by atoms with E-state index >= 15 is 0 Å². The Hall–Kier alpha value is -0.380. The molecule has 0 fully saturated rings. The zero-order valence-corrected chi connectivity index (χ0v) is 7.50. The molecule has 0 aliphatic carbocycles. The van der Waals surface area contributed by atoms with E-state index in [1.165, 1.54) is 0 Å². The van der Waals surface area contributed by atoms with Gasteiger partial charge in [-0.1, -0.05) is 15.9 Å². The number of hydrogen-bond donors (Lipinski definition) is 0. The van der Waals surface area contributed by atoms with Crippen molar-refractivity contribution in [1.82, 2.24) is 14.8 Å². The topological polar surface area (TPSA) is 30.7 Å². The maximum Gasteiger partial charge on any atom is 0.138 e. The van der Waals surface area contributed by atoms with E-state index in [-0.39, 0.29) is 0 Å². The minimum absolute atomic E-state index is 1.00. The van der Waals surface area contributed by atoms with Crippen LogP contribution >= 0.6 is 15.9 Å². The van der Waals surface area contributed by atoms with Gasteiger partial charge in [0.2, 0.25) is 0 Å². The highest BCUT2D eigenvalue weighted by Gasteiger charge is 1.97. The van der Waals surface area contributed by atoms with Gasteiger partial charge in [0.15, 0.2) is 0 Å². The van der Waals surface area contributed by atoms with E-state index in [0.29, 0.717) is 0 Å². The van der Waals surface area contributed by atoms with Crippen molar-refractivity contribution in [2.45, 2.75) is 12.8 Å². The van der Waals surface area contributed by atoms with Gasteiger partial charge in [-0.25, -0.2) is 4.98 Å². The first-order valence-electron chi connectivity index (χ1n) is 3.23. The molecule has 0 unspecified atom stereocenters. The molecule has 0 aromatic carbocycles. The molecule has 0 atom stereocenters. The van der Waals surface area contributed by atoms with Crippen molar-refractivity contribution in [2.75, 3.05) is 5.33 Å². The molecule has 4 heteroatoms. The van der Waals surface area contributed by atoms with Crippen molar-refractivity contribution >= 4 is 15.9 Å². The van der Waals surface area contributed by atoms with Gasteiger partial charge in [-0.3, -0.25) is 4.68 Å². The van der Waals surface area contributed by atoms with Crippen molar-refractivity contribution in [3.05, 3.63) is 12.2 Å². The summed E-state index contributed by atoms with van der Waals surface area (Å²) in [5.74, 6) is 1.06. The van der Waals surface area contributed by atoms with Crippen molar-refractivity contribution in [2.24, 2.45) is 7.05 Å². The van der Waals surface area contributed by atoms with Gasteiger partial charge in [-0.15, -0.1) is 0 Å². The third-order valence-corrected chi connectivity index (χ3v) is 1.90. The molecule has 1 aromatic heterocycles. The van der Waals surface area contributed by atoms with Crippen LogP contribution in [0.5, 0.6) is 0 Å². The Bertz CT molecular complexity index is 197. The van der Waals surface area contributed by atoms with Crippen molar-refractivity contribution in [1.29, 1.82) is 0 Å². The van der Waals surface area contributed by atoms with Crippen LogP contribution in [0.3, 0.4) is 0 Å². The number of nitrogens with zero attached hydrogens (tertiary/aromatic N) is 3. The highest BCUT2D eigenvalue weighted by atomic mass is 79.9. The zero-order chi connectivity index (χ0) is 7.40. The highest BCUT2D eigenvalue weighted by Crippen LogP contribution is 1.98. The van der Waals surface area contributed by atoms with Gasteiger partial charge in [0, 0.05) is 18.8 Å². The number of aromatic nitrogens is 3. The van der Waals surface area contributed by atoms with Gasteiger partial charge in [0.1, 0.15) is 12.2 Å². The molecule has 1 aromatic rings. The summed E-state index contributed by atoms with van der Waals surface area (Å²) in [5.41, 5.74) is 0. The summed E-state index contributed by atoms with van der Waals surface area (Å²) in [7, 11) is 1.91. The Balaban J connectivity index is 2.49. The predicted octanol–water partition coefficient (Wildman–Crippen LogP) is 1.14. The fourth-order valence-corrected chi connectivity index (χ4v) is 1.05. The first kappa shape index (κ1) is 7.72. The average Bonchev–Trinajstić information content (AvgIpc) is 2.31. The molecular weight excluding hydrogens is 194 g/mol. The lowest BCUT2D eigenvalue weighted by molar-refractivity contribution is 0.689. The molecule has 0 spiro atoms. The van der Waals surface area contributed by atoms with Crippen LogP contribution in [-0.2, 0) is 13.5 Å². The lowest BCUT2D eigenvalue weighted by atomic mass is 10.3. The number of rotatable bonds is 3. The Labute approximate surface area is 68.6 Å². The zero-order valence-electron chi connectivity index (χ0n) is 5.92. The van der Waals surface area contributed by atoms with Gasteiger partial charge in [0.05, 0.1) is 0 Å². The first-order valence-corrected chi connectivity index (χ1v) is 4.35. The van der Waals surface area contributed by atoms with Gasteiger partial charge in [-0.2, -0.15) is 5.10 Å². The number of hydrogen-bond acceptors (Lipinski definition) is 2. The second-order valence-electron chi connectivity index (χ2n) is 2.09. The molecule has 0 N–H and O–H groups in total. The minimum atomic E-state index is 1.00. The van der Waals surface area contributed by atoms with Crippen LogP contribution < -0.4 is 0 Å². The predicted molar refractivity (Wildman–Crippen MR) is 43.1 cm³/mol. The summed E-state index contributed by atoms with van der Waals surface area (Å²) >= 11 is 3.36. The second-order valence-corrected chi connectivity index (χ2v) is 2.89. The second kappa shape index (κ2) is 3.71. The van der Waals surface area contributed by atoms with Crippen LogP contribution in [0.4, 0.5) is 0 Å². The third-order valence-electron chi connectivity index (χ3n) is 1.34. The highest BCUT2D eigenvalue weighted by molar-refractivity contribution is 9.09. The Morgan fingerprint density at radius 1 is 1.70 bits per heavy atom. The molecule has 0 bridgehead atoms. The van der Waals surface area contributed by atoms with Gasteiger partial charge in [-0.05, 0) is 6.42 Å². The maximum atomic E-state index is 4.08. The molecule has 0 saturated heterocycles. The molecule has 0 amide bonds. The van der Waals surface area contributed by atoms with Crippen LogP contribution in [0, 0.1) is 0 Å². The van der Waals surface area contributed by atoms with Crippen LogP contribution in [-0.4, -0.2) is 20.1 Å². The van der Waals surface area contributed by atoms with Crippen molar-refractivity contribution in [3.63, 3.8) is 0 Å². The van der Waals surface area contributed by atoms with Crippen LogP contribution in [0.15, 0.2) is 6.33 Å². The van der Waals surface area contributed by atoms with Crippen molar-refractivity contribution in [3.8, 4) is 0 Å². The van der Waals surface area contributed by atoms with E-state index in [0.717, 1.165) is 24.0 Å². The maximum absolute atomic E-state index is 4.08. The summed E-state index contributed by atoms with van der Waals surface area (Å²) in [5, 5.41) is 4.99. The normalized spacial score (nSPS) is 10.2. The Morgan fingerprint density at radius 2 is 2.50 bits per heavy atom. The molecule has 0 saturated carbocycles. The Morgan fingerprint density at radius 3 is 3.00 bits per heavy atom. The third kappa shape index (κ3) is 1.80. The summed E-state index contributed by atoms with van der Waals surface area (Å²) < 4.78 is 1.81. The molecule has 1 heterocycles. The van der Waals surface area contributed by atoms with E-state index in [4.69, 9.17) is 0 Å². The van der Waals surface area contributed by atoms with Crippen LogP contribution in [0.2, 0.25) is 0 Å². The standard InChI is InChI=1S/C6H10BrN3/c1-10-6(3-2-4-7)8-5-9-10/h5H,2-4H2,1H3. The van der Waals surface area contributed by atoms with Crippen LogP contribution in [0.1, 0.15) is 12.2 Å². The van der Waals surface area contributed by atoms with E-state index in [1.807, 2.05) is 11.7 Å². The minimum Gasteiger partial charge on any atom is -0.253 e.